The monoisotopic (exact) mass is 345 g/mol. The Balaban J connectivity index is 2.03. The first-order chi connectivity index (χ1) is 11.3. The zero-order chi connectivity index (χ0) is 17.5. The number of carboxylic acid groups (broad SMARTS) is 1. The number of nitrogens with zero attached hydrogens (tertiary/aromatic N) is 1. The number of ether oxygens (including phenoxy) is 1. The molecule has 0 spiro atoms. The Bertz CT molecular complexity index is 832. The summed E-state index contributed by atoms with van der Waals surface area (Å²) in [7, 11) is 0. The molecule has 0 bridgehead atoms. The van der Waals surface area contributed by atoms with Gasteiger partial charge in [0.1, 0.15) is 5.75 Å². The molecule has 0 aliphatic carbocycles. The molecule has 3 rings (SSSR count). The molecule has 6 heteroatoms. The number of aromatic carboxylic acids is 1. The zero-order valence-corrected chi connectivity index (χ0v) is 14.0. The predicted molar refractivity (Wildman–Crippen MR) is 90.8 cm³/mol. The van der Waals surface area contributed by atoms with Gasteiger partial charge in [-0.2, -0.15) is 0 Å². The Morgan fingerprint density at radius 2 is 2.00 bits per heavy atom. The van der Waals surface area contributed by atoms with Gasteiger partial charge in [0.05, 0.1) is 17.8 Å². The van der Waals surface area contributed by atoms with Crippen molar-refractivity contribution in [1.82, 2.24) is 0 Å². The van der Waals surface area contributed by atoms with Gasteiger partial charge in [-0.3, -0.25) is 4.79 Å². The number of halogens is 1. The minimum Gasteiger partial charge on any atom is -0.478 e. The molecular weight excluding hydrogens is 330 g/mol. The molecule has 0 saturated heterocycles. The molecule has 2 aromatic rings. The molecule has 1 N–H and O–H groups in total. The van der Waals surface area contributed by atoms with E-state index in [0.29, 0.717) is 22.0 Å². The maximum absolute atomic E-state index is 12.8. The van der Waals surface area contributed by atoms with Crippen LogP contribution in [0.15, 0.2) is 42.5 Å². The number of rotatable bonds is 3. The van der Waals surface area contributed by atoms with Crippen molar-refractivity contribution in [1.29, 1.82) is 0 Å². The maximum atomic E-state index is 12.8. The van der Waals surface area contributed by atoms with E-state index in [4.69, 9.17) is 21.4 Å². The Hall–Kier alpha value is -2.53. The van der Waals surface area contributed by atoms with Gasteiger partial charge in [0.25, 0.3) is 5.91 Å². The predicted octanol–water partition coefficient (Wildman–Crippen LogP) is 3.74. The van der Waals surface area contributed by atoms with Crippen LogP contribution in [0.2, 0.25) is 5.02 Å². The average Bonchev–Trinajstić information content (AvgIpc) is 2.53. The molecule has 24 heavy (non-hydrogen) atoms. The lowest BCUT2D eigenvalue weighted by atomic mass is 10.0. The van der Waals surface area contributed by atoms with Crippen molar-refractivity contribution in [3.05, 3.63) is 58.6 Å². The van der Waals surface area contributed by atoms with Crippen LogP contribution in [-0.4, -0.2) is 22.6 Å². The second-order valence-corrected chi connectivity index (χ2v) is 6.56. The zero-order valence-electron chi connectivity index (χ0n) is 13.2. The summed E-state index contributed by atoms with van der Waals surface area (Å²) in [5, 5.41) is 9.62. The van der Waals surface area contributed by atoms with E-state index in [2.05, 4.69) is 0 Å². The molecule has 0 aromatic heterocycles. The first-order valence-corrected chi connectivity index (χ1v) is 7.78. The molecule has 0 atom stereocenters. The van der Waals surface area contributed by atoms with Crippen LogP contribution in [0.25, 0.3) is 0 Å². The van der Waals surface area contributed by atoms with Crippen molar-refractivity contribution >= 4 is 29.2 Å². The van der Waals surface area contributed by atoms with Crippen LogP contribution in [0.3, 0.4) is 0 Å². The van der Waals surface area contributed by atoms with Crippen molar-refractivity contribution in [2.75, 3.05) is 4.90 Å². The number of carbonyl (C=O) groups is 2. The van der Waals surface area contributed by atoms with Gasteiger partial charge in [0, 0.05) is 5.02 Å². The third-order valence-corrected chi connectivity index (χ3v) is 4.09. The van der Waals surface area contributed by atoms with E-state index in [9.17, 15) is 9.59 Å². The molecule has 0 unspecified atom stereocenters. The summed E-state index contributed by atoms with van der Waals surface area (Å²) >= 11 is 6.06. The van der Waals surface area contributed by atoms with Crippen molar-refractivity contribution < 1.29 is 19.4 Å². The summed E-state index contributed by atoms with van der Waals surface area (Å²) in [6.45, 7) is 3.64. The van der Waals surface area contributed by atoms with Crippen LogP contribution in [-0.2, 0) is 11.3 Å². The number of hydrogen-bond acceptors (Lipinski definition) is 3. The number of carboxylic acids is 1. The number of fused-ring (bicyclic) bond motifs is 1. The highest BCUT2D eigenvalue weighted by Crippen LogP contribution is 2.40. The minimum absolute atomic E-state index is 0.179. The van der Waals surface area contributed by atoms with Crippen LogP contribution in [0.5, 0.6) is 5.75 Å². The fourth-order valence-electron chi connectivity index (χ4n) is 2.68. The summed E-state index contributed by atoms with van der Waals surface area (Å²) < 4.78 is 5.77. The molecule has 0 fully saturated rings. The normalized spacial score (nSPS) is 15.6. The van der Waals surface area contributed by atoms with Crippen LogP contribution in [0.1, 0.15) is 29.8 Å². The van der Waals surface area contributed by atoms with Crippen molar-refractivity contribution in [2.24, 2.45) is 0 Å². The van der Waals surface area contributed by atoms with E-state index < -0.39 is 11.6 Å². The van der Waals surface area contributed by atoms with Crippen molar-refractivity contribution in [2.45, 2.75) is 26.0 Å². The summed E-state index contributed by atoms with van der Waals surface area (Å²) in [5.41, 5.74) is 0.462. The summed E-state index contributed by atoms with van der Waals surface area (Å²) in [6, 6.07) is 11.6. The molecule has 2 aromatic carbocycles. The molecule has 1 aliphatic rings. The van der Waals surface area contributed by atoms with Crippen LogP contribution >= 0.6 is 11.6 Å². The van der Waals surface area contributed by atoms with Gasteiger partial charge in [0.2, 0.25) is 0 Å². The molecule has 1 heterocycles. The van der Waals surface area contributed by atoms with E-state index in [1.807, 2.05) is 0 Å². The maximum Gasteiger partial charge on any atom is 0.335 e. The highest BCUT2D eigenvalue weighted by Gasteiger charge is 2.40. The molecule has 0 saturated carbocycles. The fourth-order valence-corrected chi connectivity index (χ4v) is 2.85. The number of hydrogen-bond donors (Lipinski definition) is 1. The number of anilines is 1. The van der Waals surface area contributed by atoms with Gasteiger partial charge >= 0.3 is 5.97 Å². The molecule has 1 aliphatic heterocycles. The van der Waals surface area contributed by atoms with E-state index in [1.165, 1.54) is 6.07 Å². The van der Waals surface area contributed by atoms with E-state index in [0.717, 1.165) is 0 Å². The van der Waals surface area contributed by atoms with Crippen LogP contribution in [0, 0.1) is 0 Å². The Kier molecular flexibility index (Phi) is 3.97. The first-order valence-electron chi connectivity index (χ1n) is 7.41. The topological polar surface area (TPSA) is 66.8 Å². The van der Waals surface area contributed by atoms with E-state index >= 15 is 0 Å². The Morgan fingerprint density at radius 1 is 1.25 bits per heavy atom. The van der Waals surface area contributed by atoms with Gasteiger partial charge in [-0.1, -0.05) is 23.7 Å². The summed E-state index contributed by atoms with van der Waals surface area (Å²) in [5.74, 6) is -0.648. The van der Waals surface area contributed by atoms with Crippen LogP contribution < -0.4 is 9.64 Å². The molecule has 124 valence electrons. The second-order valence-electron chi connectivity index (χ2n) is 6.12. The first kappa shape index (κ1) is 16.3. The lowest BCUT2D eigenvalue weighted by Crippen LogP contribution is -2.52. The fraction of sp³-hybridized carbons (Fsp3) is 0.222. The molecule has 5 nitrogen and oxygen atoms in total. The van der Waals surface area contributed by atoms with Gasteiger partial charge in [-0.05, 0) is 49.7 Å². The quantitative estimate of drug-likeness (QED) is 0.920. The van der Waals surface area contributed by atoms with E-state index in [1.54, 1.807) is 55.1 Å². The largest absolute Gasteiger partial charge is 0.478 e. The van der Waals surface area contributed by atoms with Gasteiger partial charge in [-0.15, -0.1) is 0 Å². The van der Waals surface area contributed by atoms with Crippen molar-refractivity contribution in [3.63, 3.8) is 0 Å². The minimum atomic E-state index is -1.01. The smallest absolute Gasteiger partial charge is 0.335 e. The number of carbonyl (C=O) groups excluding carboxylic acids is 1. The lowest BCUT2D eigenvalue weighted by molar-refractivity contribution is -0.132. The Morgan fingerprint density at radius 3 is 2.71 bits per heavy atom. The van der Waals surface area contributed by atoms with Crippen molar-refractivity contribution in [3.8, 4) is 5.75 Å². The SMILES string of the molecule is CC1(C)Oc2ccc(Cl)cc2N(Cc2cccc(C(=O)O)c2)C1=O. The second kappa shape index (κ2) is 5.83. The highest BCUT2D eigenvalue weighted by molar-refractivity contribution is 6.31. The molecular formula is C18H16ClNO4. The van der Waals surface area contributed by atoms with Gasteiger partial charge in [-0.25, -0.2) is 4.79 Å². The third-order valence-electron chi connectivity index (χ3n) is 3.85. The van der Waals surface area contributed by atoms with Crippen LogP contribution in [0.4, 0.5) is 5.69 Å². The standard InChI is InChI=1S/C18H16ClNO4/c1-18(2)17(23)20(14-9-13(19)6-7-15(14)24-18)10-11-4-3-5-12(8-11)16(21)22/h3-9H,10H2,1-2H3,(H,21,22). The van der Waals surface area contributed by atoms with Gasteiger partial charge in [0.15, 0.2) is 5.60 Å². The summed E-state index contributed by atoms with van der Waals surface area (Å²) in [4.78, 5) is 25.5. The Labute approximate surface area is 144 Å². The highest BCUT2D eigenvalue weighted by atomic mass is 35.5. The molecule has 0 radical (unpaired) electrons. The number of benzene rings is 2. The lowest BCUT2D eigenvalue weighted by Gasteiger charge is -2.39. The van der Waals surface area contributed by atoms with E-state index in [-0.39, 0.29) is 18.0 Å². The summed E-state index contributed by atoms with van der Waals surface area (Å²) in [6.07, 6.45) is 0. The average molecular weight is 346 g/mol. The third kappa shape index (κ3) is 2.95. The molecule has 1 amide bonds. The van der Waals surface area contributed by atoms with Gasteiger partial charge < -0.3 is 14.7 Å². The number of amides is 1.